The highest BCUT2D eigenvalue weighted by molar-refractivity contribution is 5.93. The highest BCUT2D eigenvalue weighted by atomic mass is 19.4. The molecular weight excluding hydrogens is 297 g/mol. The minimum Gasteiger partial charge on any atom is -0.354 e. The van der Waals surface area contributed by atoms with E-state index >= 15 is 0 Å². The molecule has 0 aliphatic rings. The Morgan fingerprint density at radius 1 is 1.24 bits per heavy atom. The number of aromatic nitrogens is 2. The van der Waals surface area contributed by atoms with Crippen LogP contribution in [0.2, 0.25) is 0 Å². The molecule has 1 aromatic heterocycles. The van der Waals surface area contributed by atoms with Gasteiger partial charge in [0, 0.05) is 7.05 Å². The van der Waals surface area contributed by atoms with Gasteiger partial charge in [0.2, 0.25) is 0 Å². The van der Waals surface area contributed by atoms with Gasteiger partial charge in [-0.15, -0.1) is 0 Å². The fourth-order valence-corrected chi connectivity index (χ4v) is 1.79. The van der Waals surface area contributed by atoms with Crippen molar-refractivity contribution in [1.29, 1.82) is 0 Å². The Morgan fingerprint density at radius 2 is 1.81 bits per heavy atom. The number of hydrogen-bond donors (Lipinski definition) is 1. The Hall–Kier alpha value is -2.45. The SMILES string of the molecule is CNC(=O)c1ncn(-c2c(F)cccc2F)c1C(F)(F)F. The molecule has 0 unspecified atom stereocenters. The zero-order valence-corrected chi connectivity index (χ0v) is 10.5. The van der Waals surface area contributed by atoms with Gasteiger partial charge in [0.15, 0.2) is 11.4 Å². The van der Waals surface area contributed by atoms with Crippen LogP contribution >= 0.6 is 0 Å². The highest BCUT2D eigenvalue weighted by Gasteiger charge is 2.41. The molecule has 21 heavy (non-hydrogen) atoms. The molecule has 0 saturated carbocycles. The number of rotatable bonds is 2. The van der Waals surface area contributed by atoms with Gasteiger partial charge in [-0.3, -0.25) is 9.36 Å². The fourth-order valence-electron chi connectivity index (χ4n) is 1.79. The van der Waals surface area contributed by atoms with E-state index in [1.165, 1.54) is 0 Å². The topological polar surface area (TPSA) is 46.9 Å². The minimum atomic E-state index is -5.02. The van der Waals surface area contributed by atoms with Gasteiger partial charge in [-0.1, -0.05) is 6.07 Å². The predicted octanol–water partition coefficient (Wildman–Crippen LogP) is 2.53. The number of amides is 1. The van der Waals surface area contributed by atoms with Crippen molar-refractivity contribution in [2.45, 2.75) is 6.18 Å². The predicted molar refractivity (Wildman–Crippen MR) is 61.9 cm³/mol. The van der Waals surface area contributed by atoms with Crippen molar-refractivity contribution in [3.8, 4) is 5.69 Å². The summed E-state index contributed by atoms with van der Waals surface area (Å²) in [6.07, 6.45) is -4.47. The number of carbonyl (C=O) groups excluding carboxylic acids is 1. The standard InChI is InChI=1S/C12H8F5N3O/c1-18-11(21)8-10(12(15,16)17)20(5-19-8)9-6(13)3-2-4-7(9)14/h2-5H,1H3,(H,18,21). The lowest BCUT2D eigenvalue weighted by Crippen LogP contribution is -2.24. The molecule has 1 N–H and O–H groups in total. The third-order valence-corrected chi connectivity index (χ3v) is 2.66. The normalized spacial score (nSPS) is 11.5. The molecule has 1 amide bonds. The van der Waals surface area contributed by atoms with Crippen LogP contribution in [0.4, 0.5) is 22.0 Å². The molecule has 9 heteroatoms. The lowest BCUT2D eigenvalue weighted by atomic mass is 10.2. The van der Waals surface area contributed by atoms with Crippen LogP contribution in [0.1, 0.15) is 16.2 Å². The fraction of sp³-hybridized carbons (Fsp3) is 0.167. The van der Waals surface area contributed by atoms with Crippen molar-refractivity contribution in [1.82, 2.24) is 14.9 Å². The molecule has 2 rings (SSSR count). The van der Waals surface area contributed by atoms with Crippen molar-refractivity contribution in [2.24, 2.45) is 0 Å². The van der Waals surface area contributed by atoms with E-state index in [4.69, 9.17) is 0 Å². The first-order chi connectivity index (χ1) is 9.77. The van der Waals surface area contributed by atoms with E-state index in [2.05, 4.69) is 4.98 Å². The summed E-state index contributed by atoms with van der Waals surface area (Å²) in [6, 6.07) is 2.62. The molecule has 0 aliphatic carbocycles. The lowest BCUT2D eigenvalue weighted by molar-refractivity contribution is -0.142. The maximum atomic E-state index is 13.6. The molecule has 0 fully saturated rings. The van der Waals surface area contributed by atoms with Crippen molar-refractivity contribution in [2.75, 3.05) is 7.05 Å². The lowest BCUT2D eigenvalue weighted by Gasteiger charge is -2.13. The third-order valence-electron chi connectivity index (χ3n) is 2.66. The minimum absolute atomic E-state index is 0.176. The maximum Gasteiger partial charge on any atom is 0.434 e. The molecule has 1 aromatic carbocycles. The van der Waals surface area contributed by atoms with Gasteiger partial charge in [0.05, 0.1) is 0 Å². The van der Waals surface area contributed by atoms with Crippen LogP contribution in [0.5, 0.6) is 0 Å². The average molecular weight is 305 g/mol. The van der Waals surface area contributed by atoms with E-state index in [-0.39, 0.29) is 4.57 Å². The van der Waals surface area contributed by atoms with Crippen molar-refractivity contribution in [3.63, 3.8) is 0 Å². The van der Waals surface area contributed by atoms with Crippen LogP contribution in [-0.4, -0.2) is 22.5 Å². The Morgan fingerprint density at radius 3 is 2.29 bits per heavy atom. The van der Waals surface area contributed by atoms with Crippen molar-refractivity contribution in [3.05, 3.63) is 47.5 Å². The smallest absolute Gasteiger partial charge is 0.354 e. The van der Waals surface area contributed by atoms with Crippen LogP contribution in [0.25, 0.3) is 5.69 Å². The summed E-state index contributed by atoms with van der Waals surface area (Å²) < 4.78 is 66.8. The van der Waals surface area contributed by atoms with Gasteiger partial charge in [0.25, 0.3) is 5.91 Å². The van der Waals surface area contributed by atoms with Gasteiger partial charge in [-0.25, -0.2) is 13.8 Å². The first-order valence-electron chi connectivity index (χ1n) is 5.58. The zero-order chi connectivity index (χ0) is 15.8. The Labute approximate surface area is 115 Å². The summed E-state index contributed by atoms with van der Waals surface area (Å²) in [5.41, 5.74) is -3.47. The maximum absolute atomic E-state index is 13.6. The summed E-state index contributed by atoms with van der Waals surface area (Å²) in [4.78, 5) is 14.7. The molecule has 0 aliphatic heterocycles. The summed E-state index contributed by atoms with van der Waals surface area (Å²) in [6.45, 7) is 0. The largest absolute Gasteiger partial charge is 0.434 e. The van der Waals surface area contributed by atoms with Crippen molar-refractivity contribution >= 4 is 5.91 Å². The van der Waals surface area contributed by atoms with Crippen LogP contribution in [-0.2, 0) is 6.18 Å². The second kappa shape index (κ2) is 5.15. The van der Waals surface area contributed by atoms with Crippen molar-refractivity contribution < 1.29 is 26.7 Å². The van der Waals surface area contributed by atoms with E-state index < -0.39 is 40.8 Å². The van der Waals surface area contributed by atoms with E-state index in [9.17, 15) is 26.7 Å². The third kappa shape index (κ3) is 2.58. The second-order valence-electron chi connectivity index (χ2n) is 3.96. The summed E-state index contributed by atoms with van der Waals surface area (Å²) in [5.74, 6) is -3.53. The van der Waals surface area contributed by atoms with Gasteiger partial charge >= 0.3 is 6.18 Å². The molecule has 0 saturated heterocycles. The molecule has 0 spiro atoms. The molecule has 0 bridgehead atoms. The number of imidazole rings is 1. The molecule has 112 valence electrons. The number of hydrogen-bond acceptors (Lipinski definition) is 2. The van der Waals surface area contributed by atoms with E-state index in [0.29, 0.717) is 6.33 Å². The molecule has 0 atom stereocenters. The number of halogens is 5. The Kier molecular flexibility index (Phi) is 3.67. The van der Waals surface area contributed by atoms with Gasteiger partial charge < -0.3 is 5.32 Å². The van der Waals surface area contributed by atoms with Crippen LogP contribution in [0.15, 0.2) is 24.5 Å². The summed E-state index contributed by atoms with van der Waals surface area (Å²) >= 11 is 0. The molecule has 4 nitrogen and oxygen atoms in total. The first kappa shape index (κ1) is 14.9. The quantitative estimate of drug-likeness (QED) is 0.867. The van der Waals surface area contributed by atoms with Gasteiger partial charge in [-0.05, 0) is 12.1 Å². The van der Waals surface area contributed by atoms with E-state index in [1.54, 1.807) is 0 Å². The average Bonchev–Trinajstić information content (AvgIpc) is 2.82. The summed E-state index contributed by atoms with van der Waals surface area (Å²) in [5, 5.41) is 1.99. The molecule has 0 radical (unpaired) electrons. The summed E-state index contributed by atoms with van der Waals surface area (Å²) in [7, 11) is 1.12. The van der Waals surface area contributed by atoms with E-state index in [0.717, 1.165) is 25.2 Å². The zero-order valence-electron chi connectivity index (χ0n) is 10.5. The number of nitrogens with one attached hydrogen (secondary N) is 1. The molecule has 2 aromatic rings. The van der Waals surface area contributed by atoms with Crippen LogP contribution in [0, 0.1) is 11.6 Å². The van der Waals surface area contributed by atoms with Gasteiger partial charge in [0.1, 0.15) is 23.6 Å². The first-order valence-corrected chi connectivity index (χ1v) is 5.58. The van der Waals surface area contributed by atoms with Gasteiger partial charge in [-0.2, -0.15) is 13.2 Å². The molecule has 1 heterocycles. The second-order valence-corrected chi connectivity index (χ2v) is 3.96. The number of nitrogens with zero attached hydrogens (tertiary/aromatic N) is 2. The Balaban J connectivity index is 2.77. The number of para-hydroxylation sites is 1. The highest BCUT2D eigenvalue weighted by Crippen LogP contribution is 2.34. The number of alkyl halides is 3. The van der Waals surface area contributed by atoms with E-state index in [1.807, 2.05) is 5.32 Å². The number of carbonyl (C=O) groups is 1. The Bertz CT molecular complexity index is 672. The van der Waals surface area contributed by atoms with Crippen LogP contribution in [0.3, 0.4) is 0 Å². The molecular formula is C12H8F5N3O. The number of benzene rings is 1. The monoisotopic (exact) mass is 305 g/mol. The van der Waals surface area contributed by atoms with Crippen LogP contribution < -0.4 is 5.32 Å².